The van der Waals surface area contributed by atoms with Crippen molar-refractivity contribution < 1.29 is 19.2 Å². The van der Waals surface area contributed by atoms with Crippen LogP contribution in [0, 0.1) is 0 Å². The molecule has 0 saturated carbocycles. The first-order valence-corrected chi connectivity index (χ1v) is 9.50. The number of hydrogen-bond donors (Lipinski definition) is 2. The lowest BCUT2D eigenvalue weighted by atomic mass is 9.86. The van der Waals surface area contributed by atoms with Gasteiger partial charge in [-0.1, -0.05) is 64.0 Å². The van der Waals surface area contributed by atoms with Gasteiger partial charge in [0.2, 0.25) is 11.8 Å². The van der Waals surface area contributed by atoms with Crippen molar-refractivity contribution in [2.24, 2.45) is 0 Å². The summed E-state index contributed by atoms with van der Waals surface area (Å²) in [6.07, 6.45) is 0.281. The van der Waals surface area contributed by atoms with E-state index in [0.717, 1.165) is 11.1 Å². The van der Waals surface area contributed by atoms with E-state index in [-0.39, 0.29) is 30.1 Å². The molecule has 2 N–H and O–H groups in total. The first kappa shape index (κ1) is 21.6. The fourth-order valence-electron chi connectivity index (χ4n) is 2.73. The first-order chi connectivity index (χ1) is 13.1. The van der Waals surface area contributed by atoms with Crippen molar-refractivity contribution in [1.29, 1.82) is 0 Å². The molecule has 1 amide bonds. The van der Waals surface area contributed by atoms with Gasteiger partial charge < -0.3 is 14.9 Å². The summed E-state index contributed by atoms with van der Waals surface area (Å²) in [7, 11) is 0. The van der Waals surface area contributed by atoms with Gasteiger partial charge in [0.05, 0.1) is 12.5 Å². The van der Waals surface area contributed by atoms with Gasteiger partial charge in [0, 0.05) is 18.8 Å². The van der Waals surface area contributed by atoms with E-state index < -0.39 is 12.0 Å². The Hall–Kier alpha value is -2.70. The average molecular weight is 387 g/mol. The standard InChI is InChI=1S/C21H29N3O4/c1-13(2)20-23-18(28-24-20)11-10-17(25)22-16(12-19(26)27)14-6-8-15(9-7-14)21(3,4)5/h6-9,13,16H,10-12H2,1-5H3,(H,22,25)(H,26,27). The van der Waals surface area contributed by atoms with Gasteiger partial charge in [0.15, 0.2) is 5.82 Å². The SMILES string of the molecule is CC(C)c1noc(CCC(=O)NC(CC(=O)O)c2ccc(C(C)(C)C)cc2)n1. The number of carboxylic acid groups (broad SMARTS) is 1. The molecule has 0 aliphatic rings. The zero-order valence-electron chi connectivity index (χ0n) is 17.2. The molecule has 2 rings (SSSR count). The van der Waals surface area contributed by atoms with Crippen molar-refractivity contribution in [1.82, 2.24) is 15.5 Å². The van der Waals surface area contributed by atoms with Crippen LogP contribution in [0.3, 0.4) is 0 Å². The van der Waals surface area contributed by atoms with Crippen LogP contribution in [0.5, 0.6) is 0 Å². The summed E-state index contributed by atoms with van der Waals surface area (Å²) in [5, 5.41) is 15.9. The van der Waals surface area contributed by atoms with Gasteiger partial charge in [-0.15, -0.1) is 0 Å². The van der Waals surface area contributed by atoms with Gasteiger partial charge in [-0.2, -0.15) is 4.98 Å². The molecule has 7 heteroatoms. The smallest absolute Gasteiger partial charge is 0.305 e. The lowest BCUT2D eigenvalue weighted by Gasteiger charge is -2.21. The molecule has 0 aliphatic carbocycles. The van der Waals surface area contributed by atoms with Gasteiger partial charge in [-0.3, -0.25) is 9.59 Å². The molecule has 0 bridgehead atoms. The molecule has 1 atom stereocenters. The highest BCUT2D eigenvalue weighted by molar-refractivity contribution is 5.77. The summed E-state index contributed by atoms with van der Waals surface area (Å²) in [6, 6.07) is 7.11. The van der Waals surface area contributed by atoms with Crippen LogP contribution in [-0.4, -0.2) is 27.1 Å². The minimum Gasteiger partial charge on any atom is -0.481 e. The Balaban J connectivity index is 2.02. The second-order valence-corrected chi connectivity index (χ2v) is 8.29. The van der Waals surface area contributed by atoms with Crippen LogP contribution in [-0.2, 0) is 21.4 Å². The third-order valence-electron chi connectivity index (χ3n) is 4.46. The number of rotatable bonds is 8. The van der Waals surface area contributed by atoms with E-state index in [9.17, 15) is 14.7 Å². The van der Waals surface area contributed by atoms with E-state index in [2.05, 4.69) is 36.2 Å². The topological polar surface area (TPSA) is 105 Å². The van der Waals surface area contributed by atoms with Crippen LogP contribution in [0.1, 0.15) is 82.3 Å². The normalized spacial score (nSPS) is 12.8. The molecule has 2 aromatic rings. The highest BCUT2D eigenvalue weighted by Crippen LogP contribution is 2.25. The molecule has 1 unspecified atom stereocenters. The van der Waals surface area contributed by atoms with Crippen molar-refractivity contribution in [3.05, 3.63) is 47.1 Å². The molecular weight excluding hydrogens is 358 g/mol. The average Bonchev–Trinajstić information content (AvgIpc) is 3.08. The van der Waals surface area contributed by atoms with E-state index >= 15 is 0 Å². The van der Waals surface area contributed by atoms with Gasteiger partial charge in [-0.25, -0.2) is 0 Å². The number of amides is 1. The minimum atomic E-state index is -0.969. The van der Waals surface area contributed by atoms with Crippen molar-refractivity contribution in [3.63, 3.8) is 0 Å². The highest BCUT2D eigenvalue weighted by Gasteiger charge is 2.20. The van der Waals surface area contributed by atoms with Crippen LogP contribution in [0.25, 0.3) is 0 Å². The lowest BCUT2D eigenvalue weighted by Crippen LogP contribution is -2.30. The Morgan fingerprint density at radius 3 is 2.32 bits per heavy atom. The summed E-state index contributed by atoms with van der Waals surface area (Å²) in [5.74, 6) is -0.0530. The summed E-state index contributed by atoms with van der Waals surface area (Å²) in [4.78, 5) is 27.9. The zero-order chi connectivity index (χ0) is 20.9. The third kappa shape index (κ3) is 6.18. The molecule has 0 fully saturated rings. The molecule has 7 nitrogen and oxygen atoms in total. The fraction of sp³-hybridized carbons (Fsp3) is 0.524. The summed E-state index contributed by atoms with van der Waals surface area (Å²) >= 11 is 0. The van der Waals surface area contributed by atoms with E-state index in [1.165, 1.54) is 0 Å². The molecule has 1 heterocycles. The Morgan fingerprint density at radius 1 is 1.18 bits per heavy atom. The Kier molecular flexibility index (Phi) is 6.94. The maximum absolute atomic E-state index is 12.4. The minimum absolute atomic E-state index is 0.00296. The molecule has 0 aliphatic heterocycles. The van der Waals surface area contributed by atoms with E-state index in [1.807, 2.05) is 38.1 Å². The Morgan fingerprint density at radius 2 is 1.82 bits per heavy atom. The van der Waals surface area contributed by atoms with Crippen LogP contribution < -0.4 is 5.32 Å². The van der Waals surface area contributed by atoms with Gasteiger partial charge in [0.1, 0.15) is 0 Å². The van der Waals surface area contributed by atoms with Crippen LogP contribution in [0.2, 0.25) is 0 Å². The number of aryl methyl sites for hydroxylation is 1. The quantitative estimate of drug-likeness (QED) is 0.714. The van der Waals surface area contributed by atoms with Crippen LogP contribution >= 0.6 is 0 Å². The summed E-state index contributed by atoms with van der Waals surface area (Å²) in [5.41, 5.74) is 1.92. The maximum Gasteiger partial charge on any atom is 0.305 e. The lowest BCUT2D eigenvalue weighted by molar-refractivity contribution is -0.137. The molecule has 0 radical (unpaired) electrons. The van der Waals surface area contributed by atoms with E-state index in [4.69, 9.17) is 4.52 Å². The molecule has 0 spiro atoms. The van der Waals surface area contributed by atoms with Crippen molar-refractivity contribution in [3.8, 4) is 0 Å². The summed E-state index contributed by atoms with van der Waals surface area (Å²) < 4.78 is 5.14. The van der Waals surface area contributed by atoms with E-state index in [0.29, 0.717) is 18.1 Å². The first-order valence-electron chi connectivity index (χ1n) is 9.50. The predicted octanol–water partition coefficient (Wildman–Crippen LogP) is 3.76. The third-order valence-corrected chi connectivity index (χ3v) is 4.46. The second-order valence-electron chi connectivity index (χ2n) is 8.29. The number of carbonyl (C=O) groups is 2. The predicted molar refractivity (Wildman–Crippen MR) is 105 cm³/mol. The summed E-state index contributed by atoms with van der Waals surface area (Å²) in [6.45, 7) is 10.3. The zero-order valence-corrected chi connectivity index (χ0v) is 17.2. The molecule has 28 heavy (non-hydrogen) atoms. The molecule has 0 saturated heterocycles. The van der Waals surface area contributed by atoms with Gasteiger partial charge in [0.25, 0.3) is 0 Å². The molecule has 1 aromatic heterocycles. The number of aliphatic carboxylic acids is 1. The molecule has 152 valence electrons. The van der Waals surface area contributed by atoms with Crippen molar-refractivity contribution in [2.75, 3.05) is 0 Å². The maximum atomic E-state index is 12.4. The number of nitrogens with one attached hydrogen (secondary N) is 1. The molecular formula is C21H29N3O4. The largest absolute Gasteiger partial charge is 0.481 e. The number of carboxylic acids is 1. The van der Waals surface area contributed by atoms with Crippen LogP contribution in [0.4, 0.5) is 0 Å². The van der Waals surface area contributed by atoms with Crippen molar-refractivity contribution in [2.45, 2.75) is 71.3 Å². The number of carbonyl (C=O) groups excluding carboxylic acids is 1. The monoisotopic (exact) mass is 387 g/mol. The number of nitrogens with zero attached hydrogens (tertiary/aromatic N) is 2. The van der Waals surface area contributed by atoms with Crippen LogP contribution in [0.15, 0.2) is 28.8 Å². The van der Waals surface area contributed by atoms with Gasteiger partial charge >= 0.3 is 5.97 Å². The van der Waals surface area contributed by atoms with Crippen molar-refractivity contribution >= 4 is 11.9 Å². The highest BCUT2D eigenvalue weighted by atomic mass is 16.5. The fourth-order valence-corrected chi connectivity index (χ4v) is 2.73. The number of hydrogen-bond acceptors (Lipinski definition) is 5. The Labute approximate surface area is 165 Å². The van der Waals surface area contributed by atoms with E-state index in [1.54, 1.807) is 0 Å². The molecule has 1 aromatic carbocycles. The number of benzene rings is 1. The Bertz CT molecular complexity index is 804. The number of aromatic nitrogens is 2. The van der Waals surface area contributed by atoms with Gasteiger partial charge in [-0.05, 0) is 16.5 Å². The second kappa shape index (κ2) is 8.99.